The number of para-hydroxylation sites is 1. The summed E-state index contributed by atoms with van der Waals surface area (Å²) in [5, 5.41) is 5.74. The quantitative estimate of drug-likeness (QED) is 0.625. The topological polar surface area (TPSA) is 94.1 Å². The van der Waals surface area contributed by atoms with E-state index in [4.69, 9.17) is 14.2 Å². The molecule has 3 heterocycles. The van der Waals surface area contributed by atoms with E-state index >= 15 is 0 Å². The van der Waals surface area contributed by atoms with Crippen molar-refractivity contribution in [3.63, 3.8) is 0 Å². The smallest absolute Gasteiger partial charge is 0.338 e. The van der Waals surface area contributed by atoms with E-state index in [0.717, 1.165) is 13.1 Å². The van der Waals surface area contributed by atoms with Crippen LogP contribution in [0.1, 0.15) is 37.2 Å². The second kappa shape index (κ2) is 9.58. The highest BCUT2D eigenvalue weighted by Gasteiger charge is 2.37. The van der Waals surface area contributed by atoms with Crippen molar-refractivity contribution in [1.29, 1.82) is 0 Å². The van der Waals surface area contributed by atoms with Gasteiger partial charge in [-0.3, -0.25) is 4.90 Å². The van der Waals surface area contributed by atoms with Crippen LogP contribution < -0.4 is 20.1 Å². The highest BCUT2D eigenvalue weighted by atomic mass is 16.5. The SMILES string of the molecule is CCOC(=O)C1=C(CN2CCn3cccc3[C@@H]2C)NC(=O)N[C@H]1c1cccc(OC)c1OC. The average molecular weight is 455 g/mol. The molecule has 2 aliphatic heterocycles. The molecule has 9 heteroatoms. The fraction of sp³-hybridized carbons (Fsp3) is 0.417. The van der Waals surface area contributed by atoms with Crippen molar-refractivity contribution < 1.29 is 23.8 Å². The molecular weight excluding hydrogens is 424 g/mol. The van der Waals surface area contributed by atoms with E-state index in [1.54, 1.807) is 26.2 Å². The first-order valence-corrected chi connectivity index (χ1v) is 11.1. The number of fused-ring (bicyclic) bond motifs is 1. The number of benzene rings is 1. The molecule has 176 valence electrons. The number of methoxy groups -OCH3 is 2. The number of nitrogens with one attached hydrogen (secondary N) is 2. The summed E-state index contributed by atoms with van der Waals surface area (Å²) in [6.07, 6.45) is 2.07. The van der Waals surface area contributed by atoms with Gasteiger partial charge in [0.05, 0.1) is 32.4 Å². The molecule has 2 aromatic rings. The van der Waals surface area contributed by atoms with Crippen molar-refractivity contribution >= 4 is 12.0 Å². The first-order chi connectivity index (χ1) is 16.0. The van der Waals surface area contributed by atoms with Crippen molar-refractivity contribution in [3.8, 4) is 11.5 Å². The molecule has 2 amide bonds. The molecule has 0 spiro atoms. The number of nitrogens with zero attached hydrogens (tertiary/aromatic N) is 2. The maximum Gasteiger partial charge on any atom is 0.338 e. The van der Waals surface area contributed by atoms with Gasteiger partial charge in [-0.2, -0.15) is 0 Å². The second-order valence-corrected chi connectivity index (χ2v) is 8.00. The van der Waals surface area contributed by atoms with E-state index in [1.807, 2.05) is 12.1 Å². The van der Waals surface area contributed by atoms with E-state index in [-0.39, 0.29) is 18.7 Å². The minimum atomic E-state index is -0.748. The molecule has 0 unspecified atom stereocenters. The Bertz CT molecular complexity index is 1080. The van der Waals surface area contributed by atoms with Gasteiger partial charge in [0, 0.05) is 48.8 Å². The number of esters is 1. The molecule has 0 saturated heterocycles. The van der Waals surface area contributed by atoms with Crippen LogP contribution in [-0.2, 0) is 16.1 Å². The summed E-state index contributed by atoms with van der Waals surface area (Å²) in [5.41, 5.74) is 2.70. The van der Waals surface area contributed by atoms with Crippen LogP contribution in [0.5, 0.6) is 11.5 Å². The molecule has 0 aliphatic carbocycles. The number of ether oxygens (including phenoxy) is 3. The Morgan fingerprint density at radius 1 is 1.15 bits per heavy atom. The van der Waals surface area contributed by atoms with Crippen molar-refractivity contribution in [2.45, 2.75) is 32.5 Å². The van der Waals surface area contributed by atoms with Crippen LogP contribution in [0.3, 0.4) is 0 Å². The number of carbonyl (C=O) groups is 2. The number of carbonyl (C=O) groups excluding carboxylic acids is 2. The van der Waals surface area contributed by atoms with E-state index in [2.05, 4.69) is 39.3 Å². The zero-order chi connectivity index (χ0) is 23.5. The number of urea groups is 1. The summed E-state index contributed by atoms with van der Waals surface area (Å²) in [5.74, 6) is 0.485. The lowest BCUT2D eigenvalue weighted by molar-refractivity contribution is -0.139. The Morgan fingerprint density at radius 2 is 1.97 bits per heavy atom. The van der Waals surface area contributed by atoms with Gasteiger partial charge >= 0.3 is 12.0 Å². The van der Waals surface area contributed by atoms with E-state index < -0.39 is 12.0 Å². The Balaban J connectivity index is 1.77. The summed E-state index contributed by atoms with van der Waals surface area (Å²) in [4.78, 5) is 28.1. The Kier molecular flexibility index (Phi) is 6.60. The molecule has 0 radical (unpaired) electrons. The number of amides is 2. The van der Waals surface area contributed by atoms with Gasteiger partial charge in [0.15, 0.2) is 11.5 Å². The molecular formula is C24H30N4O5. The number of rotatable bonds is 7. The third-order valence-electron chi connectivity index (χ3n) is 6.22. The molecule has 33 heavy (non-hydrogen) atoms. The molecule has 9 nitrogen and oxygen atoms in total. The van der Waals surface area contributed by atoms with Gasteiger partial charge in [0.2, 0.25) is 0 Å². The van der Waals surface area contributed by atoms with Gasteiger partial charge in [-0.05, 0) is 32.0 Å². The molecule has 2 N–H and O–H groups in total. The number of aromatic nitrogens is 1. The zero-order valence-corrected chi connectivity index (χ0v) is 19.4. The lowest BCUT2D eigenvalue weighted by Gasteiger charge is -2.37. The summed E-state index contributed by atoms with van der Waals surface area (Å²) >= 11 is 0. The van der Waals surface area contributed by atoms with Crippen LogP contribution in [-0.4, -0.2) is 55.4 Å². The highest BCUT2D eigenvalue weighted by Crippen LogP contribution is 2.39. The monoisotopic (exact) mass is 454 g/mol. The normalized spacial score (nSPS) is 20.5. The van der Waals surface area contributed by atoms with Crippen LogP contribution in [0.15, 0.2) is 47.8 Å². The second-order valence-electron chi connectivity index (χ2n) is 8.00. The van der Waals surface area contributed by atoms with Gasteiger partial charge < -0.3 is 29.4 Å². The Morgan fingerprint density at radius 3 is 2.70 bits per heavy atom. The lowest BCUT2D eigenvalue weighted by atomic mass is 9.93. The minimum Gasteiger partial charge on any atom is -0.493 e. The predicted octanol–water partition coefficient (Wildman–Crippen LogP) is 2.75. The van der Waals surface area contributed by atoms with Crippen molar-refractivity contribution in [1.82, 2.24) is 20.1 Å². The fourth-order valence-electron chi connectivity index (χ4n) is 4.61. The molecule has 1 aromatic heterocycles. The number of hydrogen-bond acceptors (Lipinski definition) is 6. The molecule has 4 rings (SSSR count). The number of hydrogen-bond donors (Lipinski definition) is 2. The fourth-order valence-corrected chi connectivity index (χ4v) is 4.61. The first-order valence-electron chi connectivity index (χ1n) is 11.1. The molecule has 2 aliphatic rings. The van der Waals surface area contributed by atoms with Gasteiger partial charge in [0.1, 0.15) is 0 Å². The summed E-state index contributed by atoms with van der Waals surface area (Å²) in [6, 6.07) is 8.51. The average Bonchev–Trinajstić information content (AvgIpc) is 3.29. The van der Waals surface area contributed by atoms with Crippen molar-refractivity contribution in [2.24, 2.45) is 0 Å². The van der Waals surface area contributed by atoms with E-state index in [0.29, 0.717) is 34.9 Å². The predicted molar refractivity (Wildman–Crippen MR) is 122 cm³/mol. The molecule has 2 atom stereocenters. The lowest BCUT2D eigenvalue weighted by Crippen LogP contribution is -2.49. The molecule has 0 saturated carbocycles. The van der Waals surface area contributed by atoms with Crippen molar-refractivity contribution in [3.05, 3.63) is 59.1 Å². The zero-order valence-electron chi connectivity index (χ0n) is 19.4. The molecule has 1 aromatic carbocycles. The highest BCUT2D eigenvalue weighted by molar-refractivity contribution is 5.95. The van der Waals surface area contributed by atoms with Crippen molar-refractivity contribution in [2.75, 3.05) is 33.9 Å². The molecule has 0 fully saturated rings. The van der Waals surface area contributed by atoms with Gasteiger partial charge in [-0.25, -0.2) is 9.59 Å². The van der Waals surface area contributed by atoms with Gasteiger partial charge in [-0.15, -0.1) is 0 Å². The Hall–Kier alpha value is -3.46. The van der Waals surface area contributed by atoms with Gasteiger partial charge in [-0.1, -0.05) is 12.1 Å². The maximum atomic E-state index is 13.2. The van der Waals surface area contributed by atoms with E-state index in [1.165, 1.54) is 12.8 Å². The standard InChI is InChI=1S/C24H30N4O5/c1-5-33-23(29)20-17(14-28-13-12-27-11-7-9-18(27)15(28)2)25-24(30)26-21(20)16-8-6-10-19(31-3)22(16)32-4/h6-11,15,21H,5,12-14H2,1-4H3,(H2,25,26,30)/t15-,21-/m0/s1. The van der Waals surface area contributed by atoms with Crippen LogP contribution in [0, 0.1) is 0 Å². The Labute approximate surface area is 193 Å². The van der Waals surface area contributed by atoms with E-state index in [9.17, 15) is 9.59 Å². The van der Waals surface area contributed by atoms with Crippen LogP contribution in [0.25, 0.3) is 0 Å². The molecule has 0 bridgehead atoms. The first kappa shape index (κ1) is 22.7. The van der Waals surface area contributed by atoms with Crippen LogP contribution in [0.4, 0.5) is 4.79 Å². The summed E-state index contributed by atoms with van der Waals surface area (Å²) in [6.45, 7) is 6.14. The third-order valence-corrected chi connectivity index (χ3v) is 6.22. The maximum absolute atomic E-state index is 13.2. The van der Waals surface area contributed by atoms with Crippen LogP contribution >= 0.6 is 0 Å². The minimum absolute atomic E-state index is 0.126. The van der Waals surface area contributed by atoms with Gasteiger partial charge in [0.25, 0.3) is 0 Å². The van der Waals surface area contributed by atoms with Crippen LogP contribution in [0.2, 0.25) is 0 Å². The summed E-state index contributed by atoms with van der Waals surface area (Å²) in [7, 11) is 3.08. The largest absolute Gasteiger partial charge is 0.493 e. The third kappa shape index (κ3) is 4.28. The summed E-state index contributed by atoms with van der Waals surface area (Å²) < 4.78 is 18.7.